The molecule has 4 rings (SSSR count). The summed E-state index contributed by atoms with van der Waals surface area (Å²) in [5, 5.41) is 0. The van der Waals surface area contributed by atoms with Crippen LogP contribution >= 0.6 is 0 Å². The van der Waals surface area contributed by atoms with E-state index in [9.17, 15) is 0 Å². The zero-order chi connectivity index (χ0) is 30.0. The Kier molecular flexibility index (Phi) is 14.4. The molecule has 0 amide bonds. The second kappa shape index (κ2) is 19.0. The topological polar surface area (TPSA) is 62.7 Å². The van der Waals surface area contributed by atoms with Gasteiger partial charge in [0.15, 0.2) is 5.82 Å². The summed E-state index contributed by atoms with van der Waals surface area (Å²) in [5.41, 5.74) is 4.27. The molecular formula is C37H50N2O4. The van der Waals surface area contributed by atoms with Gasteiger partial charge in [0.2, 0.25) is 5.76 Å². The number of unbranched alkanes of at least 4 members (excludes halogenated alkanes) is 9. The third-order valence-corrected chi connectivity index (χ3v) is 7.80. The molecule has 2 aromatic carbocycles. The first-order valence-corrected chi connectivity index (χ1v) is 16.5. The quantitative estimate of drug-likeness (QED) is 0.116. The van der Waals surface area contributed by atoms with Crippen LogP contribution in [0.3, 0.4) is 0 Å². The van der Waals surface area contributed by atoms with Crippen LogP contribution in [0.4, 0.5) is 0 Å². The van der Waals surface area contributed by atoms with Crippen LogP contribution in [0.1, 0.15) is 114 Å². The van der Waals surface area contributed by atoms with Crippen molar-refractivity contribution in [1.82, 2.24) is 9.97 Å². The van der Waals surface area contributed by atoms with Crippen molar-refractivity contribution in [3.05, 3.63) is 84.1 Å². The Morgan fingerprint density at radius 3 is 2.09 bits per heavy atom. The van der Waals surface area contributed by atoms with Crippen molar-refractivity contribution in [2.45, 2.75) is 104 Å². The highest BCUT2D eigenvalue weighted by atomic mass is 16.7. The number of aryl methyl sites for hydroxylation is 1. The Bertz CT molecular complexity index is 1210. The van der Waals surface area contributed by atoms with Crippen molar-refractivity contribution >= 4 is 5.76 Å². The minimum Gasteiger partial charge on any atom is -0.494 e. The molecule has 1 aromatic heterocycles. The fourth-order valence-electron chi connectivity index (χ4n) is 5.20. The number of ether oxygens (including phenoxy) is 4. The third-order valence-electron chi connectivity index (χ3n) is 7.80. The Morgan fingerprint density at radius 1 is 0.674 bits per heavy atom. The van der Waals surface area contributed by atoms with Crippen molar-refractivity contribution in [3.8, 4) is 16.9 Å². The van der Waals surface area contributed by atoms with Gasteiger partial charge in [-0.25, -0.2) is 9.97 Å². The van der Waals surface area contributed by atoms with Crippen molar-refractivity contribution in [1.29, 1.82) is 0 Å². The number of hydrogen-bond donors (Lipinski definition) is 0. The van der Waals surface area contributed by atoms with E-state index in [1.54, 1.807) is 6.26 Å². The summed E-state index contributed by atoms with van der Waals surface area (Å²) in [6.45, 7) is 6.94. The van der Waals surface area contributed by atoms with Crippen molar-refractivity contribution < 1.29 is 18.9 Å². The zero-order valence-electron chi connectivity index (χ0n) is 26.3. The SMILES string of the molecule is CCCCCCCCOc1ccc(-c2cnc(C3=COC(c4ccccc4CCCCOCCCCCC)O3)nc2)cc1. The molecule has 0 saturated carbocycles. The predicted molar refractivity (Wildman–Crippen MR) is 174 cm³/mol. The fourth-order valence-corrected chi connectivity index (χ4v) is 5.20. The first-order chi connectivity index (χ1) is 21.3. The largest absolute Gasteiger partial charge is 0.494 e. The Labute approximate surface area is 258 Å². The first-order valence-electron chi connectivity index (χ1n) is 16.5. The van der Waals surface area contributed by atoms with Crippen LogP contribution in [-0.4, -0.2) is 29.8 Å². The van der Waals surface area contributed by atoms with E-state index in [-0.39, 0.29) is 0 Å². The Hall–Kier alpha value is -3.38. The summed E-state index contributed by atoms with van der Waals surface area (Å²) in [6, 6.07) is 16.5. The molecule has 3 aromatic rings. The molecule has 6 nitrogen and oxygen atoms in total. The second-order valence-electron chi connectivity index (χ2n) is 11.3. The molecule has 0 bridgehead atoms. The van der Waals surface area contributed by atoms with Crippen LogP contribution < -0.4 is 4.74 Å². The van der Waals surface area contributed by atoms with Crippen LogP contribution in [0.25, 0.3) is 16.9 Å². The predicted octanol–water partition coefficient (Wildman–Crippen LogP) is 9.85. The van der Waals surface area contributed by atoms with Gasteiger partial charge in [0.25, 0.3) is 6.29 Å². The maximum absolute atomic E-state index is 6.17. The van der Waals surface area contributed by atoms with Crippen LogP contribution in [0.2, 0.25) is 0 Å². The molecule has 0 saturated heterocycles. The van der Waals surface area contributed by atoms with E-state index < -0.39 is 6.29 Å². The molecule has 2 heterocycles. The molecule has 0 aliphatic carbocycles. The van der Waals surface area contributed by atoms with Crippen molar-refractivity contribution in [2.75, 3.05) is 19.8 Å². The van der Waals surface area contributed by atoms with Gasteiger partial charge in [-0.3, -0.25) is 0 Å². The van der Waals surface area contributed by atoms with Gasteiger partial charge >= 0.3 is 0 Å². The number of benzene rings is 2. The van der Waals surface area contributed by atoms with Gasteiger partial charge in [0.05, 0.1) is 6.61 Å². The maximum atomic E-state index is 6.17. The lowest BCUT2D eigenvalue weighted by Crippen LogP contribution is -2.05. The van der Waals surface area contributed by atoms with Crippen molar-refractivity contribution in [3.63, 3.8) is 0 Å². The van der Waals surface area contributed by atoms with E-state index >= 15 is 0 Å². The molecule has 1 aliphatic heterocycles. The molecule has 43 heavy (non-hydrogen) atoms. The van der Waals surface area contributed by atoms with Gasteiger partial charge in [-0.15, -0.1) is 0 Å². The summed E-state index contributed by atoms with van der Waals surface area (Å²) in [6.07, 6.45) is 20.4. The minimum absolute atomic E-state index is 0.492. The van der Waals surface area contributed by atoms with Gasteiger partial charge in [0.1, 0.15) is 12.0 Å². The standard InChI is InChI=1S/C37H50N2O4/c1-3-5-7-9-10-15-26-41-33-22-20-30(21-23-33)32-27-38-36(39-28-32)35-29-42-37(43-35)34-19-12-11-17-31(34)18-13-16-25-40-24-14-8-6-4-2/h11-12,17,19-23,27-29,37H,3-10,13-16,18,24-26H2,1-2H3. The van der Waals surface area contributed by atoms with E-state index in [2.05, 4.69) is 54.1 Å². The van der Waals surface area contributed by atoms with Crippen LogP contribution in [0, 0.1) is 0 Å². The highest BCUT2D eigenvalue weighted by Gasteiger charge is 2.26. The van der Waals surface area contributed by atoms with E-state index in [4.69, 9.17) is 18.9 Å². The highest BCUT2D eigenvalue weighted by molar-refractivity contribution is 5.63. The summed E-state index contributed by atoms with van der Waals surface area (Å²) < 4.78 is 23.8. The van der Waals surface area contributed by atoms with Gasteiger partial charge in [0, 0.05) is 36.7 Å². The molecule has 232 valence electrons. The average molecular weight is 587 g/mol. The molecule has 0 radical (unpaired) electrons. The third kappa shape index (κ3) is 11.0. The second-order valence-corrected chi connectivity index (χ2v) is 11.3. The molecule has 0 N–H and O–H groups in total. The van der Waals surface area contributed by atoms with Gasteiger partial charge in [-0.05, 0) is 55.4 Å². The van der Waals surface area contributed by atoms with Crippen LogP contribution in [-0.2, 0) is 20.6 Å². The van der Waals surface area contributed by atoms with Gasteiger partial charge in [-0.1, -0.05) is 102 Å². The average Bonchev–Trinajstić information content (AvgIpc) is 3.54. The summed E-state index contributed by atoms with van der Waals surface area (Å²) in [7, 11) is 0. The maximum Gasteiger partial charge on any atom is 0.267 e. The lowest BCUT2D eigenvalue weighted by Gasteiger charge is -2.16. The smallest absolute Gasteiger partial charge is 0.267 e. The van der Waals surface area contributed by atoms with E-state index in [1.165, 1.54) is 56.9 Å². The van der Waals surface area contributed by atoms with E-state index in [0.29, 0.717) is 11.6 Å². The monoisotopic (exact) mass is 586 g/mol. The molecule has 1 atom stereocenters. The summed E-state index contributed by atoms with van der Waals surface area (Å²) in [5.74, 6) is 1.95. The molecule has 6 heteroatoms. The van der Waals surface area contributed by atoms with E-state index in [1.807, 2.05) is 30.6 Å². The highest BCUT2D eigenvalue weighted by Crippen LogP contribution is 2.34. The number of rotatable bonds is 21. The normalized spacial score (nSPS) is 14.3. The summed E-state index contributed by atoms with van der Waals surface area (Å²) in [4.78, 5) is 9.15. The van der Waals surface area contributed by atoms with Gasteiger partial charge in [-0.2, -0.15) is 0 Å². The first kappa shape index (κ1) is 32.5. The Balaban J connectivity index is 1.21. The Morgan fingerprint density at radius 2 is 1.33 bits per heavy atom. The van der Waals surface area contributed by atoms with E-state index in [0.717, 1.165) is 74.4 Å². The lowest BCUT2D eigenvalue weighted by atomic mass is 10.0. The van der Waals surface area contributed by atoms with Gasteiger partial charge < -0.3 is 18.9 Å². The summed E-state index contributed by atoms with van der Waals surface area (Å²) >= 11 is 0. The number of hydrogen-bond acceptors (Lipinski definition) is 6. The van der Waals surface area contributed by atoms with Crippen LogP contribution in [0.5, 0.6) is 5.75 Å². The number of nitrogens with zero attached hydrogens (tertiary/aromatic N) is 2. The molecule has 1 aliphatic rings. The fraction of sp³-hybridized carbons (Fsp3) is 0.514. The minimum atomic E-state index is -0.492. The molecule has 1 unspecified atom stereocenters. The molecular weight excluding hydrogens is 536 g/mol. The number of aromatic nitrogens is 2. The molecule has 0 fully saturated rings. The molecule has 0 spiro atoms. The lowest BCUT2D eigenvalue weighted by molar-refractivity contribution is -0.0181. The van der Waals surface area contributed by atoms with Crippen LogP contribution in [0.15, 0.2) is 67.2 Å². The van der Waals surface area contributed by atoms with Crippen molar-refractivity contribution in [2.24, 2.45) is 0 Å². The zero-order valence-corrected chi connectivity index (χ0v) is 26.3.